The van der Waals surface area contributed by atoms with Crippen LogP contribution in [-0.2, 0) is 0 Å². The van der Waals surface area contributed by atoms with E-state index in [0.29, 0.717) is 5.92 Å². The molecule has 0 fully saturated rings. The van der Waals surface area contributed by atoms with E-state index in [9.17, 15) is 0 Å². The maximum atomic E-state index is 4.86. The molecule has 0 saturated heterocycles. The van der Waals surface area contributed by atoms with Crippen LogP contribution in [0.2, 0.25) is 0 Å². The fraction of sp³-hybridized carbons (Fsp3) is 0.143. The standard InChI is InChI=1S/C21H18N2/c1-14(2)16-7-5-8-17(12-16)21-22-13-18-11-10-15-6-3-4-9-19(15)20(18)23-21/h3-14H,1-2H3. The van der Waals surface area contributed by atoms with E-state index in [1.165, 1.54) is 16.3 Å². The molecule has 4 aromatic rings. The van der Waals surface area contributed by atoms with Crippen molar-refractivity contribution in [3.05, 3.63) is 72.4 Å². The minimum atomic E-state index is 0.497. The Balaban J connectivity index is 1.94. The number of rotatable bonds is 2. The van der Waals surface area contributed by atoms with Crippen LogP contribution >= 0.6 is 0 Å². The second-order valence-corrected chi connectivity index (χ2v) is 6.20. The van der Waals surface area contributed by atoms with Crippen molar-refractivity contribution in [1.82, 2.24) is 9.97 Å². The van der Waals surface area contributed by atoms with Crippen molar-refractivity contribution in [2.45, 2.75) is 19.8 Å². The third-order valence-corrected chi connectivity index (χ3v) is 4.29. The van der Waals surface area contributed by atoms with Gasteiger partial charge in [-0.1, -0.05) is 68.4 Å². The molecule has 0 amide bonds. The van der Waals surface area contributed by atoms with Crippen LogP contribution in [0.15, 0.2) is 66.9 Å². The molecule has 0 spiro atoms. The maximum absolute atomic E-state index is 4.86. The Bertz CT molecular complexity index is 1000. The third kappa shape index (κ3) is 2.46. The van der Waals surface area contributed by atoms with E-state index in [2.05, 4.69) is 79.5 Å². The Kier molecular flexibility index (Phi) is 3.30. The van der Waals surface area contributed by atoms with E-state index in [0.717, 1.165) is 22.3 Å². The van der Waals surface area contributed by atoms with E-state index >= 15 is 0 Å². The van der Waals surface area contributed by atoms with Gasteiger partial charge in [0.25, 0.3) is 0 Å². The Labute approximate surface area is 135 Å². The highest BCUT2D eigenvalue weighted by molar-refractivity contribution is 6.05. The van der Waals surface area contributed by atoms with E-state index < -0.39 is 0 Å². The lowest BCUT2D eigenvalue weighted by atomic mass is 10.0. The summed E-state index contributed by atoms with van der Waals surface area (Å²) in [7, 11) is 0. The van der Waals surface area contributed by atoms with Crippen LogP contribution in [0.1, 0.15) is 25.3 Å². The first kappa shape index (κ1) is 13.9. The Morgan fingerprint density at radius 1 is 0.826 bits per heavy atom. The van der Waals surface area contributed by atoms with Gasteiger partial charge in [0.15, 0.2) is 5.82 Å². The topological polar surface area (TPSA) is 25.8 Å². The number of hydrogen-bond donors (Lipinski definition) is 0. The van der Waals surface area contributed by atoms with Crippen molar-refractivity contribution < 1.29 is 0 Å². The van der Waals surface area contributed by atoms with Gasteiger partial charge in [-0.2, -0.15) is 0 Å². The van der Waals surface area contributed by atoms with Crippen molar-refractivity contribution in [1.29, 1.82) is 0 Å². The van der Waals surface area contributed by atoms with E-state index in [4.69, 9.17) is 4.98 Å². The number of benzene rings is 3. The second kappa shape index (κ2) is 5.47. The highest BCUT2D eigenvalue weighted by Crippen LogP contribution is 2.26. The van der Waals surface area contributed by atoms with Crippen molar-refractivity contribution in [3.8, 4) is 11.4 Å². The molecule has 1 heterocycles. The van der Waals surface area contributed by atoms with Crippen LogP contribution in [0, 0.1) is 0 Å². The van der Waals surface area contributed by atoms with Crippen LogP contribution in [0.5, 0.6) is 0 Å². The smallest absolute Gasteiger partial charge is 0.159 e. The molecule has 23 heavy (non-hydrogen) atoms. The lowest BCUT2D eigenvalue weighted by Crippen LogP contribution is -1.93. The molecule has 0 radical (unpaired) electrons. The van der Waals surface area contributed by atoms with Gasteiger partial charge in [0.1, 0.15) is 0 Å². The molecule has 0 N–H and O–H groups in total. The summed E-state index contributed by atoms with van der Waals surface area (Å²) in [5, 5.41) is 3.46. The predicted molar refractivity (Wildman–Crippen MR) is 96.6 cm³/mol. The SMILES string of the molecule is CC(C)c1cccc(-c2ncc3ccc4ccccc4c3n2)c1. The summed E-state index contributed by atoms with van der Waals surface area (Å²) < 4.78 is 0. The molecular weight excluding hydrogens is 280 g/mol. The highest BCUT2D eigenvalue weighted by atomic mass is 14.9. The maximum Gasteiger partial charge on any atom is 0.159 e. The normalized spacial score (nSPS) is 11.4. The highest BCUT2D eigenvalue weighted by Gasteiger charge is 2.08. The summed E-state index contributed by atoms with van der Waals surface area (Å²) in [5.74, 6) is 1.28. The molecule has 0 unspecified atom stereocenters. The first-order valence-corrected chi connectivity index (χ1v) is 7.97. The van der Waals surface area contributed by atoms with Gasteiger partial charge >= 0.3 is 0 Å². The van der Waals surface area contributed by atoms with E-state index in [-0.39, 0.29) is 0 Å². The molecule has 2 nitrogen and oxygen atoms in total. The van der Waals surface area contributed by atoms with Crippen LogP contribution in [0.4, 0.5) is 0 Å². The zero-order chi connectivity index (χ0) is 15.8. The lowest BCUT2D eigenvalue weighted by Gasteiger charge is -2.09. The predicted octanol–water partition coefficient (Wildman–Crippen LogP) is 5.57. The summed E-state index contributed by atoms with van der Waals surface area (Å²) in [4.78, 5) is 9.44. The summed E-state index contributed by atoms with van der Waals surface area (Å²) in [6.45, 7) is 4.40. The third-order valence-electron chi connectivity index (χ3n) is 4.29. The number of aromatic nitrogens is 2. The van der Waals surface area contributed by atoms with Gasteiger partial charge in [0, 0.05) is 22.5 Å². The van der Waals surface area contributed by atoms with Gasteiger partial charge in [-0.15, -0.1) is 0 Å². The summed E-state index contributed by atoms with van der Waals surface area (Å²) in [5.41, 5.74) is 3.40. The number of fused-ring (bicyclic) bond motifs is 3. The first-order valence-electron chi connectivity index (χ1n) is 7.97. The molecule has 0 aliphatic heterocycles. The minimum absolute atomic E-state index is 0.497. The molecule has 4 rings (SSSR count). The van der Waals surface area contributed by atoms with Gasteiger partial charge < -0.3 is 0 Å². The van der Waals surface area contributed by atoms with Crippen molar-refractivity contribution >= 4 is 21.7 Å². The molecule has 0 atom stereocenters. The van der Waals surface area contributed by atoms with E-state index in [1.807, 2.05) is 6.20 Å². The summed E-state index contributed by atoms with van der Waals surface area (Å²) >= 11 is 0. The zero-order valence-corrected chi connectivity index (χ0v) is 13.3. The monoisotopic (exact) mass is 298 g/mol. The van der Waals surface area contributed by atoms with Gasteiger partial charge in [0.05, 0.1) is 5.52 Å². The van der Waals surface area contributed by atoms with E-state index in [1.54, 1.807) is 0 Å². The fourth-order valence-electron chi connectivity index (χ4n) is 2.94. The van der Waals surface area contributed by atoms with Crippen molar-refractivity contribution in [3.63, 3.8) is 0 Å². The summed E-state index contributed by atoms with van der Waals surface area (Å²) in [6, 6.07) is 21.1. The van der Waals surface area contributed by atoms with Crippen LogP contribution in [-0.4, -0.2) is 9.97 Å². The number of nitrogens with zero attached hydrogens (tertiary/aromatic N) is 2. The van der Waals surface area contributed by atoms with Crippen LogP contribution < -0.4 is 0 Å². The Morgan fingerprint density at radius 3 is 2.52 bits per heavy atom. The Morgan fingerprint density at radius 2 is 1.65 bits per heavy atom. The molecule has 0 aliphatic rings. The molecule has 112 valence electrons. The van der Waals surface area contributed by atoms with Crippen LogP contribution in [0.3, 0.4) is 0 Å². The zero-order valence-electron chi connectivity index (χ0n) is 13.3. The van der Waals surface area contributed by atoms with Gasteiger partial charge in [-0.25, -0.2) is 9.97 Å². The quantitative estimate of drug-likeness (QED) is 0.452. The first-order chi connectivity index (χ1) is 11.2. The average Bonchev–Trinajstić information content (AvgIpc) is 2.61. The number of hydrogen-bond acceptors (Lipinski definition) is 2. The summed E-state index contributed by atoms with van der Waals surface area (Å²) in [6.07, 6.45) is 1.92. The molecule has 3 aromatic carbocycles. The molecular formula is C21H18N2. The average molecular weight is 298 g/mol. The molecule has 0 aliphatic carbocycles. The van der Waals surface area contributed by atoms with Crippen LogP contribution in [0.25, 0.3) is 33.1 Å². The van der Waals surface area contributed by atoms with Crippen molar-refractivity contribution in [2.24, 2.45) is 0 Å². The largest absolute Gasteiger partial charge is 0.236 e. The van der Waals surface area contributed by atoms with Crippen molar-refractivity contribution in [2.75, 3.05) is 0 Å². The molecule has 2 heteroatoms. The Hall–Kier alpha value is -2.74. The van der Waals surface area contributed by atoms with Gasteiger partial charge in [-0.3, -0.25) is 0 Å². The van der Waals surface area contributed by atoms with Gasteiger partial charge in [0.2, 0.25) is 0 Å². The fourth-order valence-corrected chi connectivity index (χ4v) is 2.94. The molecule has 0 saturated carbocycles. The minimum Gasteiger partial charge on any atom is -0.236 e. The second-order valence-electron chi connectivity index (χ2n) is 6.20. The van der Waals surface area contributed by atoms with Gasteiger partial charge in [-0.05, 0) is 22.9 Å². The lowest BCUT2D eigenvalue weighted by molar-refractivity contribution is 0.867. The molecule has 0 bridgehead atoms. The molecule has 1 aromatic heterocycles.